The lowest BCUT2D eigenvalue weighted by Gasteiger charge is -2.17. The molecule has 102 valence electrons. The summed E-state index contributed by atoms with van der Waals surface area (Å²) < 4.78 is 41.4. The molecule has 0 N–H and O–H groups in total. The Bertz CT molecular complexity index is 431. The fourth-order valence-corrected chi connectivity index (χ4v) is 2.13. The maximum absolute atomic E-state index is 12.2. The largest absolute Gasteiger partial charge is 0.461 e. The minimum atomic E-state index is -4.31. The number of ether oxygens (including phenoxy) is 1. The zero-order valence-corrected chi connectivity index (χ0v) is 11.0. The summed E-state index contributed by atoms with van der Waals surface area (Å²) in [6.07, 6.45) is -4.31. The molecule has 0 atom stereocenters. The average molecular weight is 282 g/mol. The minimum absolute atomic E-state index is 0.0749. The molecule has 0 saturated heterocycles. The third kappa shape index (κ3) is 3.86. The SMILES string of the molecule is CCOC(=O)c1nc(N(C)CC(F)(F)F)sc1C. The summed E-state index contributed by atoms with van der Waals surface area (Å²) in [4.78, 5) is 16.8. The lowest BCUT2D eigenvalue weighted by atomic mass is 10.4. The molecule has 0 aromatic carbocycles. The van der Waals surface area contributed by atoms with Crippen molar-refractivity contribution in [1.29, 1.82) is 0 Å². The van der Waals surface area contributed by atoms with Crippen LogP contribution in [0.4, 0.5) is 18.3 Å². The molecular weight excluding hydrogens is 269 g/mol. The van der Waals surface area contributed by atoms with Crippen molar-refractivity contribution in [2.24, 2.45) is 0 Å². The van der Waals surface area contributed by atoms with Crippen LogP contribution in [0.5, 0.6) is 0 Å². The van der Waals surface area contributed by atoms with Crippen molar-refractivity contribution < 1.29 is 22.7 Å². The molecule has 0 aliphatic rings. The van der Waals surface area contributed by atoms with Gasteiger partial charge >= 0.3 is 12.1 Å². The molecule has 1 heterocycles. The van der Waals surface area contributed by atoms with Crippen molar-refractivity contribution in [2.45, 2.75) is 20.0 Å². The van der Waals surface area contributed by atoms with E-state index in [4.69, 9.17) is 4.74 Å². The van der Waals surface area contributed by atoms with E-state index >= 15 is 0 Å². The van der Waals surface area contributed by atoms with E-state index in [9.17, 15) is 18.0 Å². The van der Waals surface area contributed by atoms with Crippen LogP contribution in [0.1, 0.15) is 22.3 Å². The first-order valence-corrected chi connectivity index (χ1v) is 5.98. The number of rotatable bonds is 4. The van der Waals surface area contributed by atoms with E-state index in [0.29, 0.717) is 4.88 Å². The van der Waals surface area contributed by atoms with Gasteiger partial charge in [0.05, 0.1) is 6.61 Å². The highest BCUT2D eigenvalue weighted by atomic mass is 32.1. The molecule has 8 heteroatoms. The van der Waals surface area contributed by atoms with Crippen LogP contribution in [0.3, 0.4) is 0 Å². The molecule has 0 amide bonds. The Balaban J connectivity index is 2.87. The predicted molar refractivity (Wildman–Crippen MR) is 62.1 cm³/mol. The standard InChI is InChI=1S/C10H13F3N2O2S/c1-4-17-8(16)7-6(2)18-9(14-7)15(3)5-10(11,12)13/h4-5H2,1-3H3. The third-order valence-corrected chi connectivity index (χ3v) is 3.08. The van der Waals surface area contributed by atoms with Gasteiger partial charge in [-0.15, -0.1) is 11.3 Å². The van der Waals surface area contributed by atoms with E-state index in [1.807, 2.05) is 0 Å². The van der Waals surface area contributed by atoms with Crippen molar-refractivity contribution in [1.82, 2.24) is 4.98 Å². The molecule has 0 aliphatic carbocycles. The molecule has 18 heavy (non-hydrogen) atoms. The molecule has 0 bridgehead atoms. The van der Waals surface area contributed by atoms with Crippen LogP contribution in [-0.2, 0) is 4.74 Å². The summed E-state index contributed by atoms with van der Waals surface area (Å²) in [5.41, 5.74) is 0.0749. The monoisotopic (exact) mass is 282 g/mol. The Morgan fingerprint density at radius 3 is 2.61 bits per heavy atom. The normalized spacial score (nSPS) is 11.4. The van der Waals surface area contributed by atoms with E-state index in [1.54, 1.807) is 13.8 Å². The number of hydrogen-bond donors (Lipinski definition) is 0. The van der Waals surface area contributed by atoms with Gasteiger partial charge in [0.25, 0.3) is 0 Å². The summed E-state index contributed by atoms with van der Waals surface area (Å²) >= 11 is 1.03. The van der Waals surface area contributed by atoms with Gasteiger partial charge in [-0.2, -0.15) is 13.2 Å². The van der Waals surface area contributed by atoms with Gasteiger partial charge < -0.3 is 9.64 Å². The van der Waals surface area contributed by atoms with Crippen LogP contribution >= 0.6 is 11.3 Å². The number of aryl methyl sites for hydroxylation is 1. The second-order valence-corrected chi connectivity index (χ2v) is 4.77. The van der Waals surface area contributed by atoms with Gasteiger partial charge in [0, 0.05) is 11.9 Å². The Morgan fingerprint density at radius 2 is 2.11 bits per heavy atom. The lowest BCUT2D eigenvalue weighted by Crippen LogP contribution is -2.30. The van der Waals surface area contributed by atoms with Crippen LogP contribution in [0, 0.1) is 6.92 Å². The smallest absolute Gasteiger partial charge is 0.405 e. The highest BCUT2D eigenvalue weighted by molar-refractivity contribution is 7.15. The van der Waals surface area contributed by atoms with E-state index in [-0.39, 0.29) is 17.4 Å². The molecular formula is C10H13F3N2O2S. The van der Waals surface area contributed by atoms with Gasteiger partial charge in [-0.25, -0.2) is 9.78 Å². The van der Waals surface area contributed by atoms with E-state index in [2.05, 4.69) is 4.98 Å². The summed E-state index contributed by atoms with van der Waals surface area (Å²) in [5.74, 6) is -0.613. The van der Waals surface area contributed by atoms with Crippen LogP contribution < -0.4 is 4.90 Å². The van der Waals surface area contributed by atoms with Crippen molar-refractivity contribution >= 4 is 22.4 Å². The van der Waals surface area contributed by atoms with Crippen LogP contribution in [0.2, 0.25) is 0 Å². The quantitative estimate of drug-likeness (QED) is 0.796. The molecule has 0 unspecified atom stereocenters. The lowest BCUT2D eigenvalue weighted by molar-refractivity contribution is -0.119. The van der Waals surface area contributed by atoms with E-state index in [0.717, 1.165) is 16.2 Å². The average Bonchev–Trinajstić information content (AvgIpc) is 2.58. The zero-order chi connectivity index (χ0) is 13.9. The van der Waals surface area contributed by atoms with Gasteiger partial charge in [0.15, 0.2) is 10.8 Å². The Labute approximate surface area is 106 Å². The summed E-state index contributed by atoms with van der Waals surface area (Å²) in [5, 5.41) is 0.146. The predicted octanol–water partition coefficient (Wildman–Crippen LogP) is 2.63. The number of alkyl halides is 3. The first kappa shape index (κ1) is 14.7. The van der Waals surface area contributed by atoms with Crippen molar-refractivity contribution in [3.05, 3.63) is 10.6 Å². The number of halogens is 3. The molecule has 0 saturated carbocycles. The number of anilines is 1. The third-order valence-electron chi connectivity index (χ3n) is 2.00. The van der Waals surface area contributed by atoms with Gasteiger partial charge in [-0.05, 0) is 13.8 Å². The fourth-order valence-electron chi connectivity index (χ4n) is 1.27. The number of aromatic nitrogens is 1. The number of thiazole rings is 1. The Morgan fingerprint density at radius 1 is 1.50 bits per heavy atom. The highest BCUT2D eigenvalue weighted by Crippen LogP contribution is 2.27. The fraction of sp³-hybridized carbons (Fsp3) is 0.600. The first-order valence-electron chi connectivity index (χ1n) is 5.17. The first-order chi connectivity index (χ1) is 8.24. The molecule has 0 fully saturated rings. The second kappa shape index (κ2) is 5.55. The molecule has 1 rings (SSSR count). The molecule has 0 aliphatic heterocycles. The minimum Gasteiger partial charge on any atom is -0.461 e. The number of hydrogen-bond acceptors (Lipinski definition) is 5. The van der Waals surface area contributed by atoms with Crippen molar-refractivity contribution in [3.63, 3.8) is 0 Å². The van der Waals surface area contributed by atoms with Gasteiger partial charge in [0.1, 0.15) is 6.54 Å². The molecule has 4 nitrogen and oxygen atoms in total. The molecule has 0 spiro atoms. The highest BCUT2D eigenvalue weighted by Gasteiger charge is 2.31. The Hall–Kier alpha value is -1.31. The van der Waals surface area contributed by atoms with Gasteiger partial charge in [-0.1, -0.05) is 0 Å². The number of esters is 1. The maximum atomic E-state index is 12.2. The van der Waals surface area contributed by atoms with Gasteiger partial charge in [-0.3, -0.25) is 0 Å². The van der Waals surface area contributed by atoms with Gasteiger partial charge in [0.2, 0.25) is 0 Å². The zero-order valence-electron chi connectivity index (χ0n) is 10.2. The molecule has 1 aromatic rings. The second-order valence-electron chi connectivity index (χ2n) is 3.59. The number of carbonyl (C=O) groups excluding carboxylic acids is 1. The van der Waals surface area contributed by atoms with Crippen LogP contribution in [0.25, 0.3) is 0 Å². The van der Waals surface area contributed by atoms with Crippen LogP contribution in [0.15, 0.2) is 0 Å². The molecule has 0 radical (unpaired) electrons. The topological polar surface area (TPSA) is 42.4 Å². The van der Waals surface area contributed by atoms with E-state index in [1.165, 1.54) is 7.05 Å². The van der Waals surface area contributed by atoms with Crippen molar-refractivity contribution in [3.8, 4) is 0 Å². The maximum Gasteiger partial charge on any atom is 0.405 e. The van der Waals surface area contributed by atoms with E-state index < -0.39 is 18.7 Å². The van der Waals surface area contributed by atoms with Crippen molar-refractivity contribution in [2.75, 3.05) is 25.1 Å². The molecule has 1 aromatic heterocycles. The Kier molecular flexibility index (Phi) is 4.55. The summed E-state index contributed by atoms with van der Waals surface area (Å²) in [6.45, 7) is 2.36. The summed E-state index contributed by atoms with van der Waals surface area (Å²) in [7, 11) is 1.28. The summed E-state index contributed by atoms with van der Waals surface area (Å²) in [6, 6.07) is 0. The number of carbonyl (C=O) groups is 1. The number of nitrogens with zero attached hydrogens (tertiary/aromatic N) is 2. The van der Waals surface area contributed by atoms with Crippen LogP contribution in [-0.4, -0.2) is 37.3 Å².